The first-order valence-corrected chi connectivity index (χ1v) is 5.63. The Labute approximate surface area is 94.1 Å². The molecule has 0 saturated heterocycles. The summed E-state index contributed by atoms with van der Waals surface area (Å²) in [7, 11) is 0. The lowest BCUT2D eigenvalue weighted by atomic mass is 10.1. The molecule has 82 valence electrons. The molecular formula is C12H14N4. The normalized spacial score (nSPS) is 14.6. The van der Waals surface area contributed by atoms with Gasteiger partial charge < -0.3 is 5.32 Å². The maximum atomic E-state index is 4.60. The van der Waals surface area contributed by atoms with E-state index in [-0.39, 0.29) is 0 Å². The Hall–Kier alpha value is -1.71. The van der Waals surface area contributed by atoms with Crippen LogP contribution in [-0.4, -0.2) is 21.5 Å². The van der Waals surface area contributed by atoms with Gasteiger partial charge in [0.05, 0.1) is 16.6 Å². The molecule has 1 N–H and O–H groups in total. The minimum absolute atomic E-state index is 0.813. The Morgan fingerprint density at radius 1 is 1.19 bits per heavy atom. The van der Waals surface area contributed by atoms with Crippen molar-refractivity contribution in [3.63, 3.8) is 0 Å². The summed E-state index contributed by atoms with van der Waals surface area (Å²) >= 11 is 0. The first kappa shape index (κ1) is 9.51. The van der Waals surface area contributed by atoms with Crippen molar-refractivity contribution in [3.8, 4) is 0 Å². The number of hydrogen-bond acceptors (Lipinski definition) is 4. The summed E-state index contributed by atoms with van der Waals surface area (Å²) < 4.78 is 0. The minimum atomic E-state index is 0.813. The van der Waals surface area contributed by atoms with Gasteiger partial charge in [0.1, 0.15) is 11.6 Å². The molecule has 0 amide bonds. The van der Waals surface area contributed by atoms with Crippen LogP contribution in [0.2, 0.25) is 0 Å². The molecule has 0 fully saturated rings. The van der Waals surface area contributed by atoms with E-state index in [0.29, 0.717) is 0 Å². The molecule has 0 radical (unpaired) electrons. The van der Waals surface area contributed by atoms with Crippen molar-refractivity contribution in [1.29, 1.82) is 0 Å². The second-order valence-corrected chi connectivity index (χ2v) is 4.25. The van der Waals surface area contributed by atoms with Crippen molar-refractivity contribution in [2.24, 2.45) is 0 Å². The second kappa shape index (κ2) is 3.40. The van der Waals surface area contributed by atoms with Gasteiger partial charge in [-0.15, -0.1) is 0 Å². The fourth-order valence-electron chi connectivity index (χ4n) is 2.25. The van der Waals surface area contributed by atoms with Crippen LogP contribution in [0.25, 0.3) is 10.9 Å². The second-order valence-electron chi connectivity index (χ2n) is 4.25. The maximum absolute atomic E-state index is 4.60. The minimum Gasteiger partial charge on any atom is -0.369 e. The Balaban J connectivity index is 2.42. The first-order chi connectivity index (χ1) is 7.74. The number of nitrogens with one attached hydrogen (secondary N) is 1. The van der Waals surface area contributed by atoms with Gasteiger partial charge in [0.15, 0.2) is 0 Å². The molecule has 2 aromatic heterocycles. The molecule has 0 spiro atoms. The number of anilines is 1. The highest BCUT2D eigenvalue weighted by Gasteiger charge is 2.15. The molecular weight excluding hydrogens is 200 g/mol. The van der Waals surface area contributed by atoms with Crippen LogP contribution < -0.4 is 5.32 Å². The first-order valence-electron chi connectivity index (χ1n) is 5.63. The summed E-state index contributed by atoms with van der Waals surface area (Å²) in [4.78, 5) is 13.6. The number of rotatable bonds is 0. The average molecular weight is 214 g/mol. The Bertz CT molecular complexity index is 516. The summed E-state index contributed by atoms with van der Waals surface area (Å²) in [5.41, 5.74) is 3.18. The molecule has 0 unspecified atom stereocenters. The topological polar surface area (TPSA) is 50.7 Å². The number of nitrogens with zero attached hydrogens (tertiary/aromatic N) is 3. The number of hydrogen-bond donors (Lipinski definition) is 1. The highest BCUT2D eigenvalue weighted by atomic mass is 15.0. The predicted molar refractivity (Wildman–Crippen MR) is 63.6 cm³/mol. The van der Waals surface area contributed by atoms with E-state index in [2.05, 4.69) is 20.3 Å². The van der Waals surface area contributed by atoms with Crippen LogP contribution in [0.1, 0.15) is 23.6 Å². The lowest BCUT2D eigenvalue weighted by Crippen LogP contribution is -2.03. The molecule has 0 bridgehead atoms. The Morgan fingerprint density at radius 2 is 2.06 bits per heavy atom. The van der Waals surface area contributed by atoms with Gasteiger partial charge in [-0.3, -0.25) is 4.98 Å². The van der Waals surface area contributed by atoms with Crippen molar-refractivity contribution < 1.29 is 0 Å². The Kier molecular flexibility index (Phi) is 2.02. The molecule has 4 heteroatoms. The summed E-state index contributed by atoms with van der Waals surface area (Å²) in [6.45, 7) is 4.91. The molecule has 0 atom stereocenters. The Morgan fingerprint density at radius 3 is 2.94 bits per heavy atom. The molecule has 3 rings (SSSR count). The monoisotopic (exact) mass is 214 g/mol. The molecule has 3 heterocycles. The van der Waals surface area contributed by atoms with E-state index in [9.17, 15) is 0 Å². The smallest absolute Gasteiger partial charge is 0.139 e. The quantitative estimate of drug-likeness (QED) is 0.728. The molecule has 2 aromatic rings. The summed E-state index contributed by atoms with van der Waals surface area (Å²) in [5.74, 6) is 1.76. The van der Waals surface area contributed by atoms with E-state index in [1.165, 1.54) is 0 Å². The van der Waals surface area contributed by atoms with Crippen LogP contribution in [0.15, 0.2) is 6.07 Å². The van der Waals surface area contributed by atoms with E-state index in [4.69, 9.17) is 0 Å². The number of pyridine rings is 1. The largest absolute Gasteiger partial charge is 0.369 e. The van der Waals surface area contributed by atoms with Crippen molar-refractivity contribution in [1.82, 2.24) is 15.0 Å². The maximum Gasteiger partial charge on any atom is 0.139 e. The molecule has 1 aliphatic rings. The van der Waals surface area contributed by atoms with E-state index in [1.807, 2.05) is 19.9 Å². The molecule has 0 aliphatic carbocycles. The summed E-state index contributed by atoms with van der Waals surface area (Å²) in [6.07, 6.45) is 2.10. The van der Waals surface area contributed by atoms with Crippen molar-refractivity contribution in [2.45, 2.75) is 26.7 Å². The lowest BCUT2D eigenvalue weighted by molar-refractivity contribution is 0.849. The molecule has 0 aromatic carbocycles. The van der Waals surface area contributed by atoms with Crippen LogP contribution in [-0.2, 0) is 6.42 Å². The zero-order chi connectivity index (χ0) is 11.1. The van der Waals surface area contributed by atoms with Gasteiger partial charge in [-0.25, -0.2) is 9.97 Å². The van der Waals surface area contributed by atoms with Gasteiger partial charge in [-0.1, -0.05) is 0 Å². The summed E-state index contributed by atoms with van der Waals surface area (Å²) in [6, 6.07) is 2.03. The third kappa shape index (κ3) is 1.41. The van der Waals surface area contributed by atoms with Crippen molar-refractivity contribution in [3.05, 3.63) is 23.3 Å². The van der Waals surface area contributed by atoms with Gasteiger partial charge >= 0.3 is 0 Å². The van der Waals surface area contributed by atoms with Crippen molar-refractivity contribution in [2.75, 3.05) is 11.9 Å². The zero-order valence-corrected chi connectivity index (χ0v) is 9.54. The van der Waals surface area contributed by atoms with Gasteiger partial charge in [0, 0.05) is 12.2 Å². The van der Waals surface area contributed by atoms with Gasteiger partial charge in [0.2, 0.25) is 0 Å². The van der Waals surface area contributed by atoms with Crippen molar-refractivity contribution >= 4 is 16.7 Å². The average Bonchev–Trinajstić information content (AvgIpc) is 2.40. The third-order valence-electron chi connectivity index (χ3n) is 2.88. The SMILES string of the molecule is Cc1cc2nc(C)nc3c2c(n1)CCCN3. The van der Waals surface area contributed by atoms with Gasteiger partial charge in [-0.2, -0.15) is 0 Å². The highest BCUT2D eigenvalue weighted by molar-refractivity contribution is 5.91. The fourth-order valence-corrected chi connectivity index (χ4v) is 2.25. The van der Waals surface area contributed by atoms with Crippen LogP contribution in [0, 0.1) is 13.8 Å². The lowest BCUT2D eigenvalue weighted by Gasteiger charge is -2.08. The van der Waals surface area contributed by atoms with E-state index in [1.54, 1.807) is 0 Å². The molecule has 4 nitrogen and oxygen atoms in total. The number of aryl methyl sites for hydroxylation is 3. The van der Waals surface area contributed by atoms with E-state index < -0.39 is 0 Å². The zero-order valence-electron chi connectivity index (χ0n) is 9.54. The molecule has 16 heavy (non-hydrogen) atoms. The van der Waals surface area contributed by atoms with Crippen LogP contribution >= 0.6 is 0 Å². The van der Waals surface area contributed by atoms with Gasteiger partial charge in [0.25, 0.3) is 0 Å². The third-order valence-corrected chi connectivity index (χ3v) is 2.88. The van der Waals surface area contributed by atoms with Crippen LogP contribution in [0.4, 0.5) is 5.82 Å². The number of aromatic nitrogens is 3. The molecule has 1 aliphatic heterocycles. The van der Waals surface area contributed by atoms with Crippen LogP contribution in [0.5, 0.6) is 0 Å². The summed E-state index contributed by atoms with van der Waals surface area (Å²) in [5, 5.41) is 4.46. The van der Waals surface area contributed by atoms with Crippen LogP contribution in [0.3, 0.4) is 0 Å². The standard InChI is InChI=1S/C12H14N4/c1-7-6-10-11-9(14-7)4-3-5-13-12(11)16-8(2)15-10/h6H,3-5H2,1-2H3,(H,13,15,16). The van der Waals surface area contributed by atoms with E-state index in [0.717, 1.165) is 53.3 Å². The fraction of sp³-hybridized carbons (Fsp3) is 0.417. The van der Waals surface area contributed by atoms with Gasteiger partial charge in [-0.05, 0) is 32.8 Å². The van der Waals surface area contributed by atoms with E-state index >= 15 is 0 Å². The molecule has 0 saturated carbocycles. The highest BCUT2D eigenvalue weighted by Crippen LogP contribution is 2.27. The predicted octanol–water partition coefficient (Wildman–Crippen LogP) is 2.00.